The van der Waals surface area contributed by atoms with Crippen LogP contribution in [0.2, 0.25) is 0 Å². The molecule has 0 N–H and O–H groups in total. The summed E-state index contributed by atoms with van der Waals surface area (Å²) in [6.07, 6.45) is -4.96. The molecule has 1 aliphatic rings. The van der Waals surface area contributed by atoms with Gasteiger partial charge in [0.25, 0.3) is 0 Å². The molecule has 136 valence electrons. The number of amides is 1. The number of hydrogen-bond acceptors (Lipinski definition) is 5. The van der Waals surface area contributed by atoms with E-state index in [-0.39, 0.29) is 5.56 Å². The summed E-state index contributed by atoms with van der Waals surface area (Å²) in [5.74, 6) is -5.53. The number of ether oxygens (including phenoxy) is 2. The molecule has 3 atom stereocenters. The zero-order chi connectivity index (χ0) is 18.8. The molecular weight excluding hydrogens is 345 g/mol. The van der Waals surface area contributed by atoms with Crippen LogP contribution in [0.15, 0.2) is 30.3 Å². The molecule has 1 aromatic rings. The largest absolute Gasteiger partial charge is 0.554 e. The van der Waals surface area contributed by atoms with Crippen LogP contribution in [0.3, 0.4) is 0 Å². The third-order valence-electron chi connectivity index (χ3n) is 3.67. The van der Waals surface area contributed by atoms with Gasteiger partial charge in [-0.2, -0.15) is 13.2 Å². The molecule has 0 spiro atoms. The Morgan fingerprint density at radius 3 is 2.08 bits per heavy atom. The predicted octanol–water partition coefficient (Wildman–Crippen LogP) is 1.69. The molecule has 0 saturated carbocycles. The Hall–Kier alpha value is -2.62. The van der Waals surface area contributed by atoms with Gasteiger partial charge in [-0.05, 0) is 18.2 Å². The van der Waals surface area contributed by atoms with Gasteiger partial charge >= 0.3 is 18.1 Å². The highest BCUT2D eigenvalue weighted by Gasteiger charge is 2.54. The number of benzene rings is 1. The van der Waals surface area contributed by atoms with E-state index in [1.807, 2.05) is 0 Å². The Kier molecular flexibility index (Phi) is 5.31. The average molecular weight is 359 g/mol. The number of nitrogens with zero attached hydrogens (tertiary/aromatic N) is 2. The Bertz CT molecular complexity index is 665. The fraction of sp³-hybridized carbons (Fsp3) is 0.400. The minimum absolute atomic E-state index is 0.00610. The summed E-state index contributed by atoms with van der Waals surface area (Å²) in [5.41, 5.74) is 3.30. The molecule has 0 bridgehead atoms. The number of alkyl halides is 3. The van der Waals surface area contributed by atoms with Crippen molar-refractivity contribution in [2.24, 2.45) is 5.92 Å². The molecule has 1 aromatic carbocycles. The molecule has 1 aliphatic heterocycles. The first-order valence-electron chi connectivity index (χ1n) is 7.04. The first-order valence-corrected chi connectivity index (χ1v) is 7.04. The van der Waals surface area contributed by atoms with Crippen LogP contribution < -0.4 is 0 Å². The zero-order valence-electron chi connectivity index (χ0n) is 13.2. The number of hydrogen-bond donors (Lipinski definition) is 0. The molecule has 0 aliphatic carbocycles. The average Bonchev–Trinajstić information content (AvgIpc) is 3.01. The number of halogens is 3. The van der Waals surface area contributed by atoms with Crippen LogP contribution in [-0.2, 0) is 19.1 Å². The zero-order valence-corrected chi connectivity index (χ0v) is 13.2. The highest BCUT2D eigenvalue weighted by atomic mass is 19.4. The number of rotatable bonds is 3. The van der Waals surface area contributed by atoms with Crippen molar-refractivity contribution < 1.29 is 37.0 Å². The molecule has 7 nitrogen and oxygen atoms in total. The highest BCUT2D eigenvalue weighted by Crippen LogP contribution is 2.43. The summed E-state index contributed by atoms with van der Waals surface area (Å²) >= 11 is 0. The van der Waals surface area contributed by atoms with Crippen molar-refractivity contribution in [2.75, 3.05) is 14.2 Å². The third kappa shape index (κ3) is 3.58. The molecule has 10 heteroatoms. The molecule has 0 radical (unpaired) electrons. The van der Waals surface area contributed by atoms with Crippen molar-refractivity contribution in [3.63, 3.8) is 0 Å². The maximum absolute atomic E-state index is 13.3. The van der Waals surface area contributed by atoms with Gasteiger partial charge in [0, 0.05) is 5.56 Å². The molecule has 0 aromatic heterocycles. The van der Waals surface area contributed by atoms with Crippen LogP contribution in [-0.4, -0.2) is 55.3 Å². The number of methoxy groups -OCH3 is 2. The Balaban J connectivity index is 2.49. The summed E-state index contributed by atoms with van der Waals surface area (Å²) in [7, 11) is 1.81. The second-order valence-corrected chi connectivity index (χ2v) is 5.13. The van der Waals surface area contributed by atoms with Gasteiger partial charge in [-0.25, -0.2) is 4.79 Å². The van der Waals surface area contributed by atoms with E-state index in [1.165, 1.54) is 24.3 Å². The van der Waals surface area contributed by atoms with E-state index in [0.29, 0.717) is 5.01 Å². The lowest BCUT2D eigenvalue weighted by Crippen LogP contribution is -2.47. The SMILES string of the molecule is COC(=O)[C@@H]1[C@@H](C(=O)OC)N(C(=O)c2ccccc2)[N-][C@H]1C(F)(F)F. The van der Waals surface area contributed by atoms with Crippen LogP contribution in [0.5, 0.6) is 0 Å². The van der Waals surface area contributed by atoms with Gasteiger partial charge in [0.1, 0.15) is 6.04 Å². The quantitative estimate of drug-likeness (QED) is 0.767. The van der Waals surface area contributed by atoms with Crippen molar-refractivity contribution in [1.82, 2.24) is 5.01 Å². The van der Waals surface area contributed by atoms with Gasteiger partial charge in [-0.1, -0.05) is 18.2 Å². The molecule has 1 heterocycles. The van der Waals surface area contributed by atoms with Crippen molar-refractivity contribution >= 4 is 17.8 Å². The highest BCUT2D eigenvalue weighted by molar-refractivity contribution is 6.00. The topological polar surface area (TPSA) is 87.0 Å². The van der Waals surface area contributed by atoms with Gasteiger partial charge in [0.05, 0.1) is 20.1 Å². The Morgan fingerprint density at radius 1 is 1.04 bits per heavy atom. The summed E-state index contributed by atoms with van der Waals surface area (Å²) < 4.78 is 48.7. The molecule has 1 saturated heterocycles. The molecule has 0 unspecified atom stereocenters. The summed E-state index contributed by atoms with van der Waals surface area (Å²) in [6.45, 7) is 0. The van der Waals surface area contributed by atoms with E-state index in [4.69, 9.17) is 0 Å². The molecule has 1 fully saturated rings. The van der Waals surface area contributed by atoms with E-state index >= 15 is 0 Å². The minimum atomic E-state index is -4.96. The Morgan fingerprint density at radius 2 is 1.60 bits per heavy atom. The van der Waals surface area contributed by atoms with E-state index in [0.717, 1.165) is 14.2 Å². The number of esters is 2. The summed E-state index contributed by atoms with van der Waals surface area (Å²) in [5, 5.41) is 0.348. The van der Waals surface area contributed by atoms with Crippen LogP contribution in [0, 0.1) is 5.92 Å². The fourth-order valence-electron chi connectivity index (χ4n) is 2.52. The molecule has 1 amide bonds. The van der Waals surface area contributed by atoms with Gasteiger partial charge in [0.2, 0.25) is 5.91 Å². The van der Waals surface area contributed by atoms with Gasteiger partial charge in [-0.3, -0.25) is 9.59 Å². The van der Waals surface area contributed by atoms with Crippen LogP contribution >= 0.6 is 0 Å². The monoisotopic (exact) mass is 359 g/mol. The summed E-state index contributed by atoms with van der Waals surface area (Å²) in [4.78, 5) is 36.4. The lowest BCUT2D eigenvalue weighted by Gasteiger charge is -2.36. The normalized spacial score (nSPS) is 23.2. The maximum atomic E-state index is 13.3. The van der Waals surface area contributed by atoms with Crippen molar-refractivity contribution in [2.45, 2.75) is 18.3 Å². The predicted molar refractivity (Wildman–Crippen MR) is 77.1 cm³/mol. The second-order valence-electron chi connectivity index (χ2n) is 5.13. The van der Waals surface area contributed by atoms with E-state index < -0.39 is 42.0 Å². The third-order valence-corrected chi connectivity index (χ3v) is 3.67. The molecule has 2 rings (SSSR count). The smallest absolute Gasteiger partial charge is 0.375 e. The van der Waals surface area contributed by atoms with E-state index in [2.05, 4.69) is 14.9 Å². The minimum Gasteiger partial charge on any atom is -0.554 e. The van der Waals surface area contributed by atoms with E-state index in [9.17, 15) is 27.6 Å². The van der Waals surface area contributed by atoms with E-state index in [1.54, 1.807) is 6.07 Å². The first-order chi connectivity index (χ1) is 11.7. The lowest BCUT2D eigenvalue weighted by atomic mass is 9.93. The lowest BCUT2D eigenvalue weighted by molar-refractivity contribution is -0.170. The molecular formula is C15H14F3N2O5-. The second kappa shape index (κ2) is 7.09. The van der Waals surface area contributed by atoms with Gasteiger partial charge in [-0.15, -0.1) is 0 Å². The number of carbonyl (C=O) groups is 3. The van der Waals surface area contributed by atoms with Gasteiger partial charge < -0.3 is 19.9 Å². The fourth-order valence-corrected chi connectivity index (χ4v) is 2.52. The van der Waals surface area contributed by atoms with Gasteiger partial charge in [0.15, 0.2) is 0 Å². The number of carbonyl (C=O) groups excluding carboxylic acids is 3. The van der Waals surface area contributed by atoms with Crippen LogP contribution in [0.4, 0.5) is 13.2 Å². The van der Waals surface area contributed by atoms with Crippen LogP contribution in [0.1, 0.15) is 10.4 Å². The first kappa shape index (κ1) is 18.7. The van der Waals surface area contributed by atoms with Crippen LogP contribution in [0.25, 0.3) is 5.43 Å². The Labute approximate surface area is 140 Å². The summed E-state index contributed by atoms with van der Waals surface area (Å²) in [6, 6.07) is 2.81. The van der Waals surface area contributed by atoms with Crippen molar-refractivity contribution in [3.8, 4) is 0 Å². The standard InChI is InChI=1S/C15H14F3N2O5/c1-24-13(22)9-10(14(23)25-2)20(19-11(9)15(16,17)18)12(21)8-6-4-3-5-7-8/h3-7,9-11H,1-2H3/q-1/t9-,10+,11-/m1/s1. The maximum Gasteiger partial charge on any atom is 0.375 e. The van der Waals surface area contributed by atoms with Crippen molar-refractivity contribution in [1.29, 1.82) is 0 Å². The molecule has 25 heavy (non-hydrogen) atoms. The van der Waals surface area contributed by atoms with Crippen molar-refractivity contribution in [3.05, 3.63) is 41.3 Å².